The number of amides is 3. The van der Waals surface area contributed by atoms with Crippen LogP contribution in [-0.4, -0.2) is 56.9 Å². The van der Waals surface area contributed by atoms with Crippen LogP contribution in [0.3, 0.4) is 0 Å². The molecule has 3 fully saturated rings. The quantitative estimate of drug-likeness (QED) is 0.372. The first-order valence-electron chi connectivity index (χ1n) is 14.2. The molecule has 39 heavy (non-hydrogen) atoms. The molecular weight excluding hydrogens is 510 g/mol. The maximum atomic E-state index is 14.4. The number of likely N-dealkylation sites (tertiary alicyclic amines) is 1. The normalized spacial score (nSPS) is 29.8. The Bertz CT molecular complexity index is 1180. The standard InChI is InChI=1S/C31H39N3O4S/c1-3-4-11-16-32-29(37)27-31-20(2)17-24(39-31)25(28(36)33-18-21-12-7-5-8-13-21)26(31)30(38)34(27)23(19-35)22-14-9-6-10-15-22/h5-10,12-15,20,23-27,35H,3-4,11,16-19H2,1-2H3,(H,32,37)(H,33,36)/t20?,23-,24-,25+,26+,27?,31?/m1/s1. The van der Waals surface area contributed by atoms with Crippen molar-refractivity contribution in [2.24, 2.45) is 17.8 Å². The number of benzene rings is 2. The number of aliphatic hydroxyl groups is 1. The van der Waals surface area contributed by atoms with Gasteiger partial charge in [0.25, 0.3) is 0 Å². The van der Waals surface area contributed by atoms with Crippen molar-refractivity contribution in [1.82, 2.24) is 15.5 Å². The number of nitrogens with zero attached hydrogens (tertiary/aromatic N) is 1. The highest BCUT2D eigenvalue weighted by Gasteiger charge is 2.76. The van der Waals surface area contributed by atoms with Crippen molar-refractivity contribution >= 4 is 29.5 Å². The number of aliphatic hydroxyl groups excluding tert-OH is 1. The van der Waals surface area contributed by atoms with Crippen LogP contribution in [0.4, 0.5) is 0 Å². The minimum Gasteiger partial charge on any atom is -0.394 e. The number of unbranched alkanes of at least 4 members (excludes halogenated alkanes) is 2. The van der Waals surface area contributed by atoms with Crippen molar-refractivity contribution in [3.8, 4) is 0 Å². The van der Waals surface area contributed by atoms with Crippen LogP contribution in [0.1, 0.15) is 56.7 Å². The molecule has 7 nitrogen and oxygen atoms in total. The van der Waals surface area contributed by atoms with E-state index in [1.165, 1.54) is 0 Å². The van der Waals surface area contributed by atoms with Crippen LogP contribution in [0, 0.1) is 17.8 Å². The van der Waals surface area contributed by atoms with E-state index in [-0.39, 0.29) is 35.5 Å². The second-order valence-electron chi connectivity index (χ2n) is 11.1. The lowest BCUT2D eigenvalue weighted by Gasteiger charge is -2.40. The molecule has 208 valence electrons. The Morgan fingerprint density at radius 2 is 1.74 bits per heavy atom. The van der Waals surface area contributed by atoms with Gasteiger partial charge in [-0.25, -0.2) is 0 Å². The monoisotopic (exact) mass is 549 g/mol. The summed E-state index contributed by atoms with van der Waals surface area (Å²) in [5.41, 5.74) is 1.78. The van der Waals surface area contributed by atoms with Crippen molar-refractivity contribution in [3.05, 3.63) is 71.8 Å². The molecule has 0 radical (unpaired) electrons. The van der Waals surface area contributed by atoms with Crippen molar-refractivity contribution in [2.75, 3.05) is 13.2 Å². The third-order valence-electron chi connectivity index (χ3n) is 8.82. The van der Waals surface area contributed by atoms with Gasteiger partial charge in [-0.3, -0.25) is 14.4 Å². The topological polar surface area (TPSA) is 98.7 Å². The number of hydrogen-bond donors (Lipinski definition) is 3. The fraction of sp³-hybridized carbons (Fsp3) is 0.516. The number of thioether (sulfide) groups is 1. The molecule has 3 aliphatic rings. The Kier molecular flexibility index (Phi) is 8.33. The Balaban J connectivity index is 1.49. The van der Waals surface area contributed by atoms with Crippen LogP contribution in [0.5, 0.6) is 0 Å². The molecule has 0 aromatic heterocycles. The van der Waals surface area contributed by atoms with Gasteiger partial charge in [0.2, 0.25) is 17.7 Å². The van der Waals surface area contributed by atoms with Gasteiger partial charge in [-0.15, -0.1) is 11.8 Å². The summed E-state index contributed by atoms with van der Waals surface area (Å²) >= 11 is 1.66. The Morgan fingerprint density at radius 1 is 1.05 bits per heavy atom. The minimum atomic E-state index is -0.758. The molecule has 2 aromatic rings. The molecule has 3 unspecified atom stereocenters. The smallest absolute Gasteiger partial charge is 0.244 e. The number of fused-ring (bicyclic) bond motifs is 1. The van der Waals surface area contributed by atoms with Crippen LogP contribution in [0.25, 0.3) is 0 Å². The predicted octanol–water partition coefficient (Wildman–Crippen LogP) is 3.68. The second kappa shape index (κ2) is 11.7. The second-order valence-corrected chi connectivity index (χ2v) is 12.7. The van der Waals surface area contributed by atoms with E-state index in [2.05, 4.69) is 24.5 Å². The van der Waals surface area contributed by atoms with E-state index in [0.29, 0.717) is 13.1 Å². The van der Waals surface area contributed by atoms with E-state index in [0.717, 1.165) is 36.8 Å². The summed E-state index contributed by atoms with van der Waals surface area (Å²) in [6, 6.07) is 17.7. The van der Waals surface area contributed by atoms with Gasteiger partial charge in [0.15, 0.2) is 0 Å². The third kappa shape index (κ3) is 4.86. The van der Waals surface area contributed by atoms with Crippen LogP contribution >= 0.6 is 11.8 Å². The maximum Gasteiger partial charge on any atom is 0.244 e. The highest BCUT2D eigenvalue weighted by Crippen LogP contribution is 2.69. The van der Waals surface area contributed by atoms with Gasteiger partial charge in [0.05, 0.1) is 29.2 Å². The molecule has 3 heterocycles. The maximum absolute atomic E-state index is 14.4. The van der Waals surface area contributed by atoms with Gasteiger partial charge in [0.1, 0.15) is 6.04 Å². The number of carbonyl (C=O) groups is 3. The SMILES string of the molecule is CCCCCNC(=O)C1N([C@H](CO)c2ccccc2)C(=O)[C@@H]2[C@@H](C(=O)NCc3ccccc3)[C@H]3CC(C)C12S3. The van der Waals surface area contributed by atoms with Crippen LogP contribution in [0.15, 0.2) is 60.7 Å². The summed E-state index contributed by atoms with van der Waals surface area (Å²) in [6.07, 6.45) is 3.71. The summed E-state index contributed by atoms with van der Waals surface area (Å²) < 4.78 is -0.715. The van der Waals surface area contributed by atoms with E-state index in [9.17, 15) is 19.5 Å². The molecule has 1 spiro atoms. The summed E-state index contributed by atoms with van der Waals surface area (Å²) in [5.74, 6) is -1.57. The van der Waals surface area contributed by atoms with Gasteiger partial charge in [-0.05, 0) is 29.9 Å². The van der Waals surface area contributed by atoms with E-state index in [4.69, 9.17) is 0 Å². The van der Waals surface area contributed by atoms with E-state index in [1.54, 1.807) is 16.7 Å². The highest BCUT2D eigenvalue weighted by atomic mass is 32.2. The molecular formula is C31H39N3O4S. The van der Waals surface area contributed by atoms with Gasteiger partial charge in [-0.2, -0.15) is 0 Å². The van der Waals surface area contributed by atoms with E-state index in [1.807, 2.05) is 60.7 Å². The number of carbonyl (C=O) groups excluding carboxylic acids is 3. The largest absolute Gasteiger partial charge is 0.394 e. The molecule has 2 bridgehead atoms. The summed E-state index contributed by atoms with van der Waals surface area (Å²) in [7, 11) is 0. The Hall–Kier alpha value is -2.84. The lowest BCUT2D eigenvalue weighted by atomic mass is 9.66. The van der Waals surface area contributed by atoms with Crippen molar-refractivity contribution in [2.45, 2.75) is 68.2 Å². The number of nitrogens with one attached hydrogen (secondary N) is 2. The summed E-state index contributed by atoms with van der Waals surface area (Å²) in [5, 5.41) is 16.7. The van der Waals surface area contributed by atoms with Crippen molar-refractivity contribution in [3.63, 3.8) is 0 Å². The van der Waals surface area contributed by atoms with Crippen LogP contribution < -0.4 is 10.6 Å². The van der Waals surface area contributed by atoms with Crippen LogP contribution in [-0.2, 0) is 20.9 Å². The zero-order valence-corrected chi connectivity index (χ0v) is 23.5. The fourth-order valence-electron chi connectivity index (χ4n) is 7.01. The van der Waals surface area contributed by atoms with E-state index >= 15 is 0 Å². The Labute approximate surface area is 235 Å². The average Bonchev–Trinajstić information content (AvgIpc) is 3.55. The minimum absolute atomic E-state index is 0.0217. The first-order valence-corrected chi connectivity index (χ1v) is 15.1. The molecule has 7 atom stereocenters. The molecule has 5 rings (SSSR count). The van der Waals surface area contributed by atoms with Gasteiger partial charge in [-0.1, -0.05) is 87.4 Å². The Morgan fingerprint density at radius 3 is 2.41 bits per heavy atom. The molecule has 0 aliphatic carbocycles. The van der Waals surface area contributed by atoms with E-state index < -0.39 is 28.7 Å². The lowest BCUT2D eigenvalue weighted by molar-refractivity contribution is -0.143. The zero-order valence-electron chi connectivity index (χ0n) is 22.7. The predicted molar refractivity (Wildman–Crippen MR) is 153 cm³/mol. The average molecular weight is 550 g/mol. The number of hydrogen-bond acceptors (Lipinski definition) is 5. The molecule has 0 saturated carbocycles. The first kappa shape index (κ1) is 27.7. The first-order chi connectivity index (χ1) is 18.9. The molecule has 3 saturated heterocycles. The van der Waals surface area contributed by atoms with Gasteiger partial charge in [0, 0.05) is 18.3 Å². The highest BCUT2D eigenvalue weighted by molar-refractivity contribution is 8.02. The van der Waals surface area contributed by atoms with Crippen molar-refractivity contribution in [1.29, 1.82) is 0 Å². The third-order valence-corrected chi connectivity index (χ3v) is 10.9. The number of rotatable bonds is 11. The summed E-state index contributed by atoms with van der Waals surface area (Å²) in [4.78, 5) is 43.7. The lowest BCUT2D eigenvalue weighted by Crippen LogP contribution is -2.57. The molecule has 3 aliphatic heterocycles. The molecule has 3 N–H and O–H groups in total. The van der Waals surface area contributed by atoms with Gasteiger partial charge >= 0.3 is 0 Å². The van der Waals surface area contributed by atoms with Crippen LogP contribution in [0.2, 0.25) is 0 Å². The molecule has 2 aromatic carbocycles. The fourth-order valence-corrected chi connectivity index (χ4v) is 9.42. The zero-order chi connectivity index (χ0) is 27.6. The molecule has 3 amide bonds. The molecule has 8 heteroatoms. The summed E-state index contributed by atoms with van der Waals surface area (Å²) in [6.45, 7) is 4.87. The van der Waals surface area contributed by atoms with Gasteiger partial charge < -0.3 is 20.6 Å². The van der Waals surface area contributed by atoms with Crippen molar-refractivity contribution < 1.29 is 19.5 Å².